The first-order chi connectivity index (χ1) is 11.3. The molecule has 2 saturated carbocycles. The Kier molecular flexibility index (Phi) is 3.17. The van der Waals surface area contributed by atoms with Crippen LogP contribution in [0.3, 0.4) is 0 Å². The molecule has 0 spiro atoms. The Morgan fingerprint density at radius 1 is 1.12 bits per heavy atom. The second-order valence-corrected chi connectivity index (χ2v) is 8.57. The Hall–Kier alpha value is -1.82. The van der Waals surface area contributed by atoms with Crippen LogP contribution in [0.5, 0.6) is 0 Å². The van der Waals surface area contributed by atoms with Crippen LogP contribution < -0.4 is 5.73 Å². The van der Waals surface area contributed by atoms with Crippen molar-refractivity contribution in [2.45, 2.75) is 52.4 Å². The van der Waals surface area contributed by atoms with Gasteiger partial charge in [-0.15, -0.1) is 6.42 Å². The Bertz CT molecular complexity index is 752. The van der Waals surface area contributed by atoms with Crippen molar-refractivity contribution in [3.8, 4) is 12.3 Å². The number of rotatable bonds is 0. The number of Topliss-reactive ketones (excluding diaryl/α,β-unsaturated/α-hetero) is 2. The van der Waals surface area contributed by atoms with E-state index < -0.39 is 0 Å². The summed E-state index contributed by atoms with van der Waals surface area (Å²) in [6.07, 6.45) is 12.8. The van der Waals surface area contributed by atoms with Crippen LogP contribution in [-0.4, -0.2) is 11.6 Å². The van der Waals surface area contributed by atoms with E-state index in [1.807, 2.05) is 6.08 Å². The summed E-state index contributed by atoms with van der Waals surface area (Å²) in [5.74, 6) is 4.32. The molecule has 24 heavy (non-hydrogen) atoms. The lowest BCUT2D eigenvalue weighted by Gasteiger charge is -2.55. The Labute approximate surface area is 143 Å². The number of hydrogen-bond donors (Lipinski definition) is 1. The summed E-state index contributed by atoms with van der Waals surface area (Å²) in [5.41, 5.74) is 8.19. The van der Waals surface area contributed by atoms with Gasteiger partial charge >= 0.3 is 0 Å². The van der Waals surface area contributed by atoms with E-state index in [-0.39, 0.29) is 22.5 Å². The maximum atomic E-state index is 12.5. The van der Waals surface area contributed by atoms with Gasteiger partial charge in [0.1, 0.15) is 5.78 Å². The van der Waals surface area contributed by atoms with Gasteiger partial charge in [0.2, 0.25) is 0 Å². The van der Waals surface area contributed by atoms with Gasteiger partial charge in [0.25, 0.3) is 0 Å². The summed E-state index contributed by atoms with van der Waals surface area (Å²) < 4.78 is 0. The molecule has 0 aromatic carbocycles. The first-order valence-corrected chi connectivity index (χ1v) is 9.08. The molecule has 2 fully saturated rings. The van der Waals surface area contributed by atoms with E-state index >= 15 is 0 Å². The molecule has 3 heteroatoms. The van der Waals surface area contributed by atoms with Crippen molar-refractivity contribution in [2.75, 3.05) is 0 Å². The van der Waals surface area contributed by atoms with Crippen molar-refractivity contribution in [3.63, 3.8) is 0 Å². The first kappa shape index (κ1) is 15.7. The van der Waals surface area contributed by atoms with Gasteiger partial charge in [-0.25, -0.2) is 0 Å². The molecule has 4 aliphatic rings. The Balaban J connectivity index is 1.90. The molecule has 0 aromatic rings. The zero-order valence-corrected chi connectivity index (χ0v) is 14.5. The third-order valence-electron chi connectivity index (χ3n) is 7.70. The minimum Gasteiger partial charge on any atom is -0.396 e. The molecule has 4 aliphatic carbocycles. The molecular weight excluding hydrogens is 298 g/mol. The summed E-state index contributed by atoms with van der Waals surface area (Å²) in [7, 11) is 0. The van der Waals surface area contributed by atoms with Gasteiger partial charge in [0.05, 0.1) is 5.70 Å². The van der Waals surface area contributed by atoms with Crippen LogP contribution in [0.2, 0.25) is 0 Å². The van der Waals surface area contributed by atoms with Crippen LogP contribution in [0.25, 0.3) is 0 Å². The van der Waals surface area contributed by atoms with Gasteiger partial charge in [-0.05, 0) is 60.5 Å². The van der Waals surface area contributed by atoms with E-state index in [1.165, 1.54) is 0 Å². The number of fused-ring (bicyclic) bond motifs is 5. The first-order valence-electron chi connectivity index (χ1n) is 9.08. The molecule has 0 amide bonds. The van der Waals surface area contributed by atoms with Crippen molar-refractivity contribution in [1.82, 2.24) is 0 Å². The maximum Gasteiger partial charge on any atom is 0.178 e. The quantitative estimate of drug-likeness (QED) is 0.697. The number of ketones is 2. The molecule has 0 unspecified atom stereocenters. The van der Waals surface area contributed by atoms with Gasteiger partial charge in [0.15, 0.2) is 5.78 Å². The molecule has 126 valence electrons. The number of hydrogen-bond acceptors (Lipinski definition) is 3. The highest BCUT2D eigenvalue weighted by molar-refractivity contribution is 5.97. The van der Waals surface area contributed by atoms with Crippen LogP contribution >= 0.6 is 0 Å². The van der Waals surface area contributed by atoms with E-state index in [0.717, 1.165) is 36.8 Å². The fourth-order valence-corrected chi connectivity index (χ4v) is 6.18. The second-order valence-electron chi connectivity index (χ2n) is 8.57. The lowest BCUT2D eigenvalue weighted by Crippen LogP contribution is -2.51. The fraction of sp³-hybridized carbons (Fsp3) is 0.619. The largest absolute Gasteiger partial charge is 0.396 e. The maximum absolute atomic E-state index is 12.5. The van der Waals surface area contributed by atoms with E-state index in [0.29, 0.717) is 36.2 Å². The Morgan fingerprint density at radius 2 is 1.83 bits per heavy atom. The van der Waals surface area contributed by atoms with Crippen LogP contribution in [0.15, 0.2) is 22.9 Å². The molecule has 2 N–H and O–H groups in total. The fourth-order valence-electron chi connectivity index (χ4n) is 6.18. The molecule has 0 aromatic heterocycles. The summed E-state index contributed by atoms with van der Waals surface area (Å²) >= 11 is 0. The van der Waals surface area contributed by atoms with Crippen molar-refractivity contribution in [2.24, 2.45) is 34.3 Å². The third-order valence-corrected chi connectivity index (χ3v) is 7.70. The highest BCUT2D eigenvalue weighted by Gasteiger charge is 2.60. The SMILES string of the molecule is C#CC1=CC2=C(N)C(=O)CC[C@]2(C)[C@H]2CC[C@]3(C)C(=O)CC[C@H]3[C@H]12. The molecule has 5 atom stereocenters. The lowest BCUT2D eigenvalue weighted by atomic mass is 9.47. The highest BCUT2D eigenvalue weighted by Crippen LogP contribution is 2.64. The number of nitrogens with two attached hydrogens (primary N) is 1. The molecule has 0 bridgehead atoms. The third kappa shape index (κ3) is 1.75. The van der Waals surface area contributed by atoms with Crippen molar-refractivity contribution >= 4 is 11.6 Å². The van der Waals surface area contributed by atoms with E-state index in [1.54, 1.807) is 0 Å². The van der Waals surface area contributed by atoms with E-state index in [9.17, 15) is 9.59 Å². The molecule has 4 rings (SSSR count). The smallest absolute Gasteiger partial charge is 0.178 e. The number of allylic oxidation sites excluding steroid dienone is 4. The average Bonchev–Trinajstić information content (AvgIpc) is 2.87. The topological polar surface area (TPSA) is 60.2 Å². The molecule has 0 heterocycles. The van der Waals surface area contributed by atoms with Crippen LogP contribution in [-0.2, 0) is 9.59 Å². The highest BCUT2D eigenvalue weighted by atomic mass is 16.1. The summed E-state index contributed by atoms with van der Waals surface area (Å²) in [5, 5.41) is 0. The predicted molar refractivity (Wildman–Crippen MR) is 92.5 cm³/mol. The molecule has 0 radical (unpaired) electrons. The summed E-state index contributed by atoms with van der Waals surface area (Å²) in [4.78, 5) is 24.6. The van der Waals surface area contributed by atoms with Crippen LogP contribution in [0, 0.1) is 40.9 Å². The Morgan fingerprint density at radius 3 is 2.54 bits per heavy atom. The number of carbonyl (C=O) groups excluding carboxylic acids is 2. The van der Waals surface area contributed by atoms with Gasteiger partial charge in [-0.2, -0.15) is 0 Å². The van der Waals surface area contributed by atoms with Crippen molar-refractivity contribution in [3.05, 3.63) is 22.9 Å². The van der Waals surface area contributed by atoms with Gasteiger partial charge in [-0.1, -0.05) is 19.8 Å². The zero-order chi connectivity index (χ0) is 17.3. The standard InChI is InChI=1S/C21H25NO2/c1-4-12-11-15-19(22)16(23)8-10-20(15,2)14-7-9-21(3)13(18(12)14)5-6-17(21)24/h1,11,13-14,18H,5-10,22H2,2-3H3/t13-,14-,18-,20+,21-/m0/s1. The van der Waals surface area contributed by atoms with Crippen LogP contribution in [0.1, 0.15) is 52.4 Å². The molecule has 3 nitrogen and oxygen atoms in total. The average molecular weight is 323 g/mol. The normalized spacial score (nSPS) is 44.4. The van der Waals surface area contributed by atoms with Gasteiger partial charge < -0.3 is 5.73 Å². The van der Waals surface area contributed by atoms with Crippen molar-refractivity contribution in [1.29, 1.82) is 0 Å². The second kappa shape index (κ2) is 4.85. The minimum atomic E-state index is -0.218. The minimum absolute atomic E-state index is 0.0465. The van der Waals surface area contributed by atoms with E-state index in [4.69, 9.17) is 12.2 Å². The number of terminal acetylenes is 1. The molecule has 0 saturated heterocycles. The predicted octanol–water partition coefficient (Wildman–Crippen LogP) is 3.15. The van der Waals surface area contributed by atoms with Gasteiger partial charge in [0, 0.05) is 23.8 Å². The zero-order valence-electron chi connectivity index (χ0n) is 14.5. The summed E-state index contributed by atoms with van der Waals surface area (Å²) in [6, 6.07) is 0. The number of carbonyl (C=O) groups is 2. The molecular formula is C21H25NO2. The van der Waals surface area contributed by atoms with Crippen LogP contribution in [0.4, 0.5) is 0 Å². The molecule has 0 aliphatic heterocycles. The van der Waals surface area contributed by atoms with E-state index in [2.05, 4.69) is 19.8 Å². The lowest BCUT2D eigenvalue weighted by molar-refractivity contribution is -0.130. The monoisotopic (exact) mass is 323 g/mol. The summed E-state index contributed by atoms with van der Waals surface area (Å²) in [6.45, 7) is 4.40. The van der Waals surface area contributed by atoms with Gasteiger partial charge in [-0.3, -0.25) is 9.59 Å². The van der Waals surface area contributed by atoms with Crippen molar-refractivity contribution < 1.29 is 9.59 Å².